The summed E-state index contributed by atoms with van der Waals surface area (Å²) in [5, 5.41) is 4.31. The van der Waals surface area contributed by atoms with E-state index >= 15 is 0 Å². The minimum atomic E-state index is -0.438. The van der Waals surface area contributed by atoms with Crippen molar-refractivity contribution in [2.75, 3.05) is 13.1 Å². The first-order valence-corrected chi connectivity index (χ1v) is 8.85. The van der Waals surface area contributed by atoms with Gasteiger partial charge in [0.2, 0.25) is 0 Å². The molecule has 0 spiro atoms. The summed E-state index contributed by atoms with van der Waals surface area (Å²) in [4.78, 5) is 18.3. The third kappa shape index (κ3) is 6.10. The molecule has 0 bridgehead atoms. The third-order valence-electron chi connectivity index (χ3n) is 3.17. The van der Waals surface area contributed by atoms with Crippen LogP contribution in [0.2, 0.25) is 4.34 Å². The van der Waals surface area contributed by atoms with E-state index in [-0.39, 0.29) is 6.09 Å². The molecule has 0 radical (unpaired) electrons. The van der Waals surface area contributed by atoms with Crippen LogP contribution in [-0.4, -0.2) is 40.7 Å². The maximum Gasteiger partial charge on any atom is 0.410 e. The molecule has 1 aliphatic carbocycles. The van der Waals surface area contributed by atoms with Crippen LogP contribution in [0.5, 0.6) is 0 Å². The van der Waals surface area contributed by atoms with Gasteiger partial charge in [-0.05, 0) is 46.6 Å². The van der Waals surface area contributed by atoms with Crippen molar-refractivity contribution in [3.63, 3.8) is 0 Å². The summed E-state index contributed by atoms with van der Waals surface area (Å²) < 4.78 is 6.18. The maximum absolute atomic E-state index is 12.2. The van der Waals surface area contributed by atoms with Crippen LogP contribution in [0, 0.1) is 0 Å². The van der Waals surface area contributed by atoms with E-state index in [1.807, 2.05) is 25.7 Å². The first kappa shape index (κ1) is 17.5. The van der Waals surface area contributed by atoms with E-state index in [0.29, 0.717) is 16.9 Å². The molecule has 1 heterocycles. The fraction of sp³-hybridized carbons (Fsp3) is 0.733. The zero-order valence-electron chi connectivity index (χ0n) is 13.4. The second kappa shape index (κ2) is 7.62. The molecule has 0 aromatic carbocycles. The molecule has 1 N–H and O–H groups in total. The number of nitrogens with one attached hydrogen (secondary N) is 1. The number of thiazole rings is 1. The smallest absolute Gasteiger partial charge is 0.410 e. The average molecular weight is 346 g/mol. The number of ether oxygens (including phenoxy) is 1. The number of nitrogens with zero attached hydrogens (tertiary/aromatic N) is 2. The van der Waals surface area contributed by atoms with Crippen molar-refractivity contribution in [1.82, 2.24) is 15.2 Å². The Balaban J connectivity index is 1.67. The number of amides is 1. The second-order valence-corrected chi connectivity index (χ2v) is 8.24. The number of hydrogen-bond donors (Lipinski definition) is 1. The normalized spacial score (nSPS) is 14.9. The first-order valence-electron chi connectivity index (χ1n) is 7.66. The van der Waals surface area contributed by atoms with Gasteiger partial charge in [0, 0.05) is 19.1 Å². The van der Waals surface area contributed by atoms with E-state index in [2.05, 4.69) is 10.3 Å². The Hall–Kier alpha value is -0.850. The number of halogens is 1. The predicted octanol–water partition coefficient (Wildman–Crippen LogP) is 3.68. The Morgan fingerprint density at radius 2 is 2.27 bits per heavy atom. The lowest BCUT2D eigenvalue weighted by molar-refractivity contribution is 0.0232. The Bertz CT molecular complexity index is 497. The summed E-state index contributed by atoms with van der Waals surface area (Å²) in [5.74, 6) is 0. The van der Waals surface area contributed by atoms with Gasteiger partial charge in [-0.3, -0.25) is 0 Å². The number of aromatic nitrogens is 1. The summed E-state index contributed by atoms with van der Waals surface area (Å²) in [6.07, 6.45) is 4.55. The maximum atomic E-state index is 12.2. The number of rotatable bonds is 7. The summed E-state index contributed by atoms with van der Waals surface area (Å²) in [6, 6.07) is 0.368. The highest BCUT2D eigenvalue weighted by atomic mass is 35.5. The molecule has 5 nitrogen and oxygen atoms in total. The molecule has 124 valence electrons. The van der Waals surface area contributed by atoms with Crippen LogP contribution in [0.4, 0.5) is 4.79 Å². The third-order valence-corrected chi connectivity index (χ3v) is 4.28. The minimum Gasteiger partial charge on any atom is -0.444 e. The van der Waals surface area contributed by atoms with E-state index in [4.69, 9.17) is 16.3 Å². The van der Waals surface area contributed by atoms with E-state index in [9.17, 15) is 4.79 Å². The molecule has 1 aromatic rings. The lowest BCUT2D eigenvalue weighted by Gasteiger charge is -2.27. The number of carbonyl (C=O) groups excluding carboxylic acids is 1. The molecule has 2 rings (SSSR count). The van der Waals surface area contributed by atoms with Crippen molar-refractivity contribution in [1.29, 1.82) is 0 Å². The van der Waals surface area contributed by atoms with Gasteiger partial charge in [0.15, 0.2) is 0 Å². The highest BCUT2D eigenvalue weighted by Gasteiger charge is 2.34. The molecule has 1 fully saturated rings. The molecule has 0 unspecified atom stereocenters. The minimum absolute atomic E-state index is 0.193. The average Bonchev–Trinajstić information content (AvgIpc) is 3.14. The van der Waals surface area contributed by atoms with Crippen molar-refractivity contribution in [3.8, 4) is 0 Å². The second-order valence-electron chi connectivity index (χ2n) is 6.49. The van der Waals surface area contributed by atoms with Gasteiger partial charge in [0.1, 0.15) is 14.9 Å². The Morgan fingerprint density at radius 3 is 2.82 bits per heavy atom. The van der Waals surface area contributed by atoms with Crippen molar-refractivity contribution in [2.24, 2.45) is 0 Å². The van der Waals surface area contributed by atoms with Gasteiger partial charge in [-0.25, -0.2) is 9.78 Å². The van der Waals surface area contributed by atoms with Crippen LogP contribution in [0.25, 0.3) is 0 Å². The summed E-state index contributed by atoms with van der Waals surface area (Å²) in [7, 11) is 0. The number of hydrogen-bond acceptors (Lipinski definition) is 5. The lowest BCUT2D eigenvalue weighted by Crippen LogP contribution is -2.39. The molecular weight excluding hydrogens is 322 g/mol. The molecule has 22 heavy (non-hydrogen) atoms. The van der Waals surface area contributed by atoms with Gasteiger partial charge in [-0.1, -0.05) is 11.6 Å². The molecule has 1 aromatic heterocycles. The first-order chi connectivity index (χ1) is 10.3. The van der Waals surface area contributed by atoms with Crippen molar-refractivity contribution in [3.05, 3.63) is 15.5 Å². The molecule has 1 aliphatic rings. The zero-order valence-corrected chi connectivity index (χ0v) is 15.0. The Morgan fingerprint density at radius 1 is 1.55 bits per heavy atom. The summed E-state index contributed by atoms with van der Waals surface area (Å²) in [6.45, 7) is 7.98. The monoisotopic (exact) mass is 345 g/mol. The van der Waals surface area contributed by atoms with Crippen LogP contribution in [0.3, 0.4) is 0 Å². The standard InChI is InChI=1S/C15H24ClN3O2S/c1-15(2,3)21-14(20)19(11-5-6-11)8-4-7-17-10-13-18-9-12(16)22-13/h9,11,17H,4-8,10H2,1-3H3. The largest absolute Gasteiger partial charge is 0.444 e. The van der Waals surface area contributed by atoms with E-state index in [1.54, 1.807) is 6.20 Å². The van der Waals surface area contributed by atoms with Crippen molar-refractivity contribution >= 4 is 29.0 Å². The Labute approximate surface area is 141 Å². The van der Waals surface area contributed by atoms with Gasteiger partial charge in [0.25, 0.3) is 0 Å². The highest BCUT2D eigenvalue weighted by Crippen LogP contribution is 2.28. The van der Waals surface area contributed by atoms with E-state index in [0.717, 1.165) is 37.4 Å². The Kier molecular flexibility index (Phi) is 6.06. The van der Waals surface area contributed by atoms with Gasteiger partial charge >= 0.3 is 6.09 Å². The fourth-order valence-corrected chi connectivity index (χ4v) is 3.00. The highest BCUT2D eigenvalue weighted by molar-refractivity contribution is 7.15. The van der Waals surface area contributed by atoms with Crippen molar-refractivity contribution < 1.29 is 9.53 Å². The van der Waals surface area contributed by atoms with Crippen molar-refractivity contribution in [2.45, 2.75) is 58.2 Å². The van der Waals surface area contributed by atoms with Gasteiger partial charge in [-0.15, -0.1) is 11.3 Å². The predicted molar refractivity (Wildman–Crippen MR) is 89.4 cm³/mol. The molecule has 1 saturated carbocycles. The summed E-state index contributed by atoms with van der Waals surface area (Å²) in [5.41, 5.74) is -0.438. The van der Waals surface area contributed by atoms with Crippen LogP contribution in [0.1, 0.15) is 45.0 Å². The SMILES string of the molecule is CC(C)(C)OC(=O)N(CCCNCc1ncc(Cl)s1)C1CC1. The topological polar surface area (TPSA) is 54.5 Å². The van der Waals surface area contributed by atoms with E-state index < -0.39 is 5.60 Å². The molecule has 1 amide bonds. The lowest BCUT2D eigenvalue weighted by atomic mass is 10.2. The molecule has 7 heteroatoms. The zero-order chi connectivity index (χ0) is 16.2. The fourth-order valence-electron chi connectivity index (χ4n) is 2.07. The quantitative estimate of drug-likeness (QED) is 0.766. The van der Waals surface area contributed by atoms with Gasteiger partial charge < -0.3 is 15.0 Å². The van der Waals surface area contributed by atoms with Crippen LogP contribution < -0.4 is 5.32 Å². The van der Waals surface area contributed by atoms with Crippen LogP contribution in [0.15, 0.2) is 6.20 Å². The molecule has 0 aliphatic heterocycles. The molecule has 0 saturated heterocycles. The number of carbonyl (C=O) groups is 1. The van der Waals surface area contributed by atoms with Gasteiger partial charge in [-0.2, -0.15) is 0 Å². The molecular formula is C15H24ClN3O2S. The van der Waals surface area contributed by atoms with Crippen LogP contribution >= 0.6 is 22.9 Å². The summed E-state index contributed by atoms with van der Waals surface area (Å²) >= 11 is 7.33. The van der Waals surface area contributed by atoms with E-state index in [1.165, 1.54) is 11.3 Å². The van der Waals surface area contributed by atoms with Crippen LogP contribution in [-0.2, 0) is 11.3 Å². The van der Waals surface area contributed by atoms with Gasteiger partial charge in [0.05, 0.1) is 6.20 Å². The molecule has 0 atom stereocenters.